The first-order valence-electron chi connectivity index (χ1n) is 8.12. The van der Waals surface area contributed by atoms with Crippen molar-refractivity contribution in [1.29, 1.82) is 0 Å². The van der Waals surface area contributed by atoms with E-state index >= 15 is 0 Å². The van der Waals surface area contributed by atoms with Crippen LogP contribution >= 0.6 is 11.3 Å². The molecule has 0 aliphatic heterocycles. The van der Waals surface area contributed by atoms with Crippen LogP contribution in [-0.2, 0) is 22.4 Å². The molecule has 0 fully saturated rings. The Balaban J connectivity index is 1.86. The topological polar surface area (TPSA) is 109 Å². The van der Waals surface area contributed by atoms with Crippen LogP contribution in [0.2, 0.25) is 0 Å². The summed E-state index contributed by atoms with van der Waals surface area (Å²) in [5, 5.41) is 12.6. The van der Waals surface area contributed by atoms with Crippen molar-refractivity contribution < 1.29 is 19.5 Å². The number of anilines is 1. The van der Waals surface area contributed by atoms with Gasteiger partial charge in [0.1, 0.15) is 5.00 Å². The average molecular weight is 348 g/mol. The van der Waals surface area contributed by atoms with Crippen molar-refractivity contribution in [3.8, 4) is 0 Å². The minimum Gasteiger partial charge on any atom is -0.481 e. The van der Waals surface area contributed by atoms with Crippen molar-refractivity contribution >= 4 is 34.1 Å². The number of hydrogen-bond donors (Lipinski definition) is 3. The van der Waals surface area contributed by atoms with Crippen LogP contribution in [0.4, 0.5) is 5.00 Å². The monoisotopic (exact) mass is 348 g/mol. The Bertz CT molecular complexity index is 722. The van der Waals surface area contributed by atoms with Crippen LogP contribution in [0.1, 0.15) is 46.5 Å². The second-order valence-corrected chi connectivity index (χ2v) is 7.37. The van der Waals surface area contributed by atoms with E-state index in [0.717, 1.165) is 36.1 Å². The molecule has 3 rings (SSSR count). The second kappa shape index (κ2) is 6.76. The van der Waals surface area contributed by atoms with Gasteiger partial charge in [-0.15, -0.1) is 11.3 Å². The van der Waals surface area contributed by atoms with Crippen molar-refractivity contribution in [2.24, 2.45) is 17.6 Å². The maximum atomic E-state index is 12.6. The summed E-state index contributed by atoms with van der Waals surface area (Å²) < 4.78 is 0. The number of carbonyl (C=O) groups is 3. The van der Waals surface area contributed by atoms with E-state index in [9.17, 15) is 19.5 Å². The molecule has 1 heterocycles. The van der Waals surface area contributed by atoms with Gasteiger partial charge in [0, 0.05) is 4.88 Å². The van der Waals surface area contributed by atoms with Gasteiger partial charge in [0.25, 0.3) is 5.91 Å². The molecule has 2 aliphatic rings. The van der Waals surface area contributed by atoms with Crippen LogP contribution in [0.3, 0.4) is 0 Å². The molecular formula is C17H20N2O4S. The van der Waals surface area contributed by atoms with Crippen LogP contribution in [0.25, 0.3) is 0 Å². The van der Waals surface area contributed by atoms with Gasteiger partial charge in [0.15, 0.2) is 0 Å². The molecule has 2 aliphatic carbocycles. The van der Waals surface area contributed by atoms with Crippen molar-refractivity contribution in [3.63, 3.8) is 0 Å². The Hall–Kier alpha value is -2.15. The first-order chi connectivity index (χ1) is 11.5. The summed E-state index contributed by atoms with van der Waals surface area (Å²) in [7, 11) is 0. The number of fused-ring (bicyclic) bond motifs is 1. The lowest BCUT2D eigenvalue weighted by atomic mass is 9.82. The Labute approximate surface area is 143 Å². The van der Waals surface area contributed by atoms with Crippen LogP contribution in [0.5, 0.6) is 0 Å². The average Bonchev–Trinajstić information content (AvgIpc) is 2.92. The molecule has 24 heavy (non-hydrogen) atoms. The zero-order valence-electron chi connectivity index (χ0n) is 13.2. The quantitative estimate of drug-likeness (QED) is 0.725. The Kier molecular flexibility index (Phi) is 4.71. The lowest BCUT2D eigenvalue weighted by Gasteiger charge is -2.24. The molecule has 1 aromatic rings. The fraction of sp³-hybridized carbons (Fsp3) is 0.471. The molecule has 4 N–H and O–H groups in total. The number of carboxylic acids is 1. The van der Waals surface area contributed by atoms with Gasteiger partial charge in [0.05, 0.1) is 17.4 Å². The fourth-order valence-corrected chi connectivity index (χ4v) is 4.79. The molecule has 2 atom stereocenters. The van der Waals surface area contributed by atoms with Crippen LogP contribution < -0.4 is 11.1 Å². The molecule has 2 amide bonds. The van der Waals surface area contributed by atoms with Gasteiger partial charge in [-0.3, -0.25) is 14.4 Å². The lowest BCUT2D eigenvalue weighted by molar-refractivity contribution is -0.146. The molecule has 7 heteroatoms. The predicted octanol–water partition coefficient (Wildman–Crippen LogP) is 2.33. The molecule has 0 spiro atoms. The van der Waals surface area contributed by atoms with E-state index in [1.54, 1.807) is 6.08 Å². The molecular weight excluding hydrogens is 328 g/mol. The van der Waals surface area contributed by atoms with Gasteiger partial charge >= 0.3 is 5.97 Å². The van der Waals surface area contributed by atoms with E-state index in [0.29, 0.717) is 23.4 Å². The molecule has 6 nitrogen and oxygen atoms in total. The number of amides is 2. The zero-order chi connectivity index (χ0) is 17.3. The summed E-state index contributed by atoms with van der Waals surface area (Å²) in [5.74, 6) is -3.23. The number of aliphatic carboxylic acids is 1. The summed E-state index contributed by atoms with van der Waals surface area (Å²) in [6.07, 6.45) is 8.11. The predicted molar refractivity (Wildman–Crippen MR) is 91.1 cm³/mol. The Morgan fingerprint density at radius 2 is 1.79 bits per heavy atom. The van der Waals surface area contributed by atoms with E-state index < -0.39 is 23.7 Å². The molecule has 0 bridgehead atoms. The molecule has 0 radical (unpaired) electrons. The minimum absolute atomic E-state index is 0.344. The number of nitrogens with two attached hydrogens (primary N) is 1. The fourth-order valence-electron chi connectivity index (χ4n) is 3.50. The number of allylic oxidation sites excluding steroid dienone is 2. The van der Waals surface area contributed by atoms with E-state index in [1.807, 2.05) is 6.08 Å². The summed E-state index contributed by atoms with van der Waals surface area (Å²) in [6.45, 7) is 0. The minimum atomic E-state index is -0.972. The van der Waals surface area contributed by atoms with Crippen molar-refractivity contribution in [2.45, 2.75) is 38.5 Å². The van der Waals surface area contributed by atoms with Crippen LogP contribution in [0, 0.1) is 11.8 Å². The largest absolute Gasteiger partial charge is 0.481 e. The summed E-state index contributed by atoms with van der Waals surface area (Å²) in [5.41, 5.74) is 6.88. The number of nitrogens with one attached hydrogen (secondary N) is 1. The van der Waals surface area contributed by atoms with E-state index in [-0.39, 0.29) is 5.91 Å². The van der Waals surface area contributed by atoms with Gasteiger partial charge in [-0.25, -0.2) is 0 Å². The van der Waals surface area contributed by atoms with Crippen molar-refractivity contribution in [1.82, 2.24) is 0 Å². The third-order valence-electron chi connectivity index (χ3n) is 4.74. The SMILES string of the molecule is NC(=O)c1c(NC(=O)[C@H]2CC=CC[C@H]2C(=O)O)sc2c1CCCC2. The van der Waals surface area contributed by atoms with Gasteiger partial charge in [-0.05, 0) is 44.1 Å². The van der Waals surface area contributed by atoms with Gasteiger partial charge in [0.2, 0.25) is 5.91 Å². The number of thiophene rings is 1. The summed E-state index contributed by atoms with van der Waals surface area (Å²) >= 11 is 1.39. The number of carbonyl (C=O) groups excluding carboxylic acids is 2. The zero-order valence-corrected chi connectivity index (χ0v) is 14.0. The van der Waals surface area contributed by atoms with E-state index in [4.69, 9.17) is 5.73 Å². The highest BCUT2D eigenvalue weighted by Gasteiger charge is 2.35. The van der Waals surface area contributed by atoms with Crippen molar-refractivity contribution in [3.05, 3.63) is 28.2 Å². The van der Waals surface area contributed by atoms with Crippen molar-refractivity contribution in [2.75, 3.05) is 5.32 Å². The number of carboxylic acid groups (broad SMARTS) is 1. The third-order valence-corrected chi connectivity index (χ3v) is 5.95. The number of hydrogen-bond acceptors (Lipinski definition) is 4. The molecule has 0 aromatic carbocycles. The van der Waals surface area contributed by atoms with Crippen LogP contribution in [0.15, 0.2) is 12.2 Å². The highest BCUT2D eigenvalue weighted by Crippen LogP contribution is 2.38. The summed E-state index contributed by atoms with van der Waals surface area (Å²) in [6, 6.07) is 0. The number of aryl methyl sites for hydroxylation is 1. The lowest BCUT2D eigenvalue weighted by Crippen LogP contribution is -2.35. The van der Waals surface area contributed by atoms with Crippen LogP contribution in [-0.4, -0.2) is 22.9 Å². The molecule has 0 saturated heterocycles. The second-order valence-electron chi connectivity index (χ2n) is 6.26. The first-order valence-corrected chi connectivity index (χ1v) is 8.93. The third kappa shape index (κ3) is 3.08. The highest BCUT2D eigenvalue weighted by atomic mass is 32.1. The highest BCUT2D eigenvalue weighted by molar-refractivity contribution is 7.17. The number of rotatable bonds is 4. The standard InChI is InChI=1S/C17H20N2O4S/c18-14(20)13-11-7-3-4-8-12(11)24-16(13)19-15(21)9-5-1-2-6-10(9)17(22)23/h1-2,9-10H,3-8H2,(H2,18,20)(H,19,21)(H,22,23)/t9-,10+/m0/s1. The molecule has 0 saturated carbocycles. The van der Waals surface area contributed by atoms with Gasteiger partial charge in [-0.1, -0.05) is 12.2 Å². The normalized spacial score (nSPS) is 22.7. The Morgan fingerprint density at radius 1 is 1.12 bits per heavy atom. The van der Waals surface area contributed by atoms with Gasteiger partial charge in [-0.2, -0.15) is 0 Å². The maximum absolute atomic E-state index is 12.6. The first kappa shape index (κ1) is 16.7. The Morgan fingerprint density at radius 3 is 2.46 bits per heavy atom. The molecule has 1 aromatic heterocycles. The smallest absolute Gasteiger partial charge is 0.307 e. The van der Waals surface area contributed by atoms with E-state index in [1.165, 1.54) is 11.3 Å². The summed E-state index contributed by atoms with van der Waals surface area (Å²) in [4.78, 5) is 36.9. The van der Waals surface area contributed by atoms with E-state index in [2.05, 4.69) is 5.32 Å². The molecule has 0 unspecified atom stereocenters. The number of primary amides is 1. The maximum Gasteiger partial charge on any atom is 0.307 e. The van der Waals surface area contributed by atoms with Gasteiger partial charge < -0.3 is 16.2 Å². The molecule has 128 valence electrons.